The zero-order chi connectivity index (χ0) is 22.8. The molecular weight excluding hydrogens is 428 g/mol. The van der Waals surface area contributed by atoms with E-state index in [1.54, 1.807) is 19.1 Å². The van der Waals surface area contributed by atoms with Crippen LogP contribution in [0.5, 0.6) is 11.5 Å². The third kappa shape index (κ3) is 5.56. The number of aliphatic hydroxyl groups excluding tert-OH is 1. The number of aromatic nitrogens is 1. The number of rotatable bonds is 7. The third-order valence-corrected chi connectivity index (χ3v) is 5.36. The van der Waals surface area contributed by atoms with Crippen molar-refractivity contribution in [3.63, 3.8) is 0 Å². The molecule has 0 unspecified atom stereocenters. The molecule has 1 heterocycles. The minimum Gasteiger partial charge on any atom is -0.454 e. The van der Waals surface area contributed by atoms with Crippen molar-refractivity contribution in [1.82, 2.24) is 4.57 Å². The first-order chi connectivity index (χ1) is 14.6. The highest BCUT2D eigenvalue weighted by atomic mass is 32.2. The molecule has 3 aromatic rings. The predicted molar refractivity (Wildman–Crippen MR) is 113 cm³/mol. The van der Waals surface area contributed by atoms with Crippen LogP contribution in [-0.2, 0) is 22.1 Å². The minimum absolute atomic E-state index is 0.0688. The van der Waals surface area contributed by atoms with E-state index in [0.29, 0.717) is 28.3 Å². The Morgan fingerprint density at radius 1 is 1.06 bits per heavy atom. The number of sulfone groups is 1. The zero-order valence-electron chi connectivity index (χ0n) is 16.9. The van der Waals surface area contributed by atoms with E-state index in [2.05, 4.69) is 0 Å². The van der Waals surface area contributed by atoms with Crippen molar-refractivity contribution >= 4 is 9.84 Å². The molecule has 0 bridgehead atoms. The molecule has 0 radical (unpaired) electrons. The Labute approximate surface area is 178 Å². The topological polar surface area (TPSA) is 85.6 Å². The summed E-state index contributed by atoms with van der Waals surface area (Å²) in [6.45, 7) is 1.43. The van der Waals surface area contributed by atoms with Crippen LogP contribution in [0.1, 0.15) is 11.1 Å². The molecule has 0 aliphatic carbocycles. The van der Waals surface area contributed by atoms with Gasteiger partial charge in [-0.3, -0.25) is 4.79 Å². The number of nitrogens with zero attached hydrogens (tertiary/aromatic N) is 1. The molecule has 0 aliphatic heterocycles. The lowest BCUT2D eigenvalue weighted by Gasteiger charge is -2.16. The molecule has 0 atom stereocenters. The summed E-state index contributed by atoms with van der Waals surface area (Å²) in [5.74, 6) is -1.89. The van der Waals surface area contributed by atoms with Crippen LogP contribution in [0.3, 0.4) is 0 Å². The maximum absolute atomic E-state index is 14.1. The number of ether oxygens (including phenoxy) is 1. The zero-order valence-corrected chi connectivity index (χ0v) is 17.7. The Hall–Kier alpha value is -3.04. The van der Waals surface area contributed by atoms with Gasteiger partial charge in [0.2, 0.25) is 0 Å². The maximum atomic E-state index is 14.1. The molecule has 2 aromatic carbocycles. The van der Waals surface area contributed by atoms with Gasteiger partial charge in [0.25, 0.3) is 5.56 Å². The van der Waals surface area contributed by atoms with Gasteiger partial charge in [0.1, 0.15) is 11.6 Å². The van der Waals surface area contributed by atoms with Gasteiger partial charge in [-0.2, -0.15) is 0 Å². The van der Waals surface area contributed by atoms with Crippen molar-refractivity contribution in [3.05, 3.63) is 81.8 Å². The molecule has 31 heavy (non-hydrogen) atoms. The molecule has 3 rings (SSSR count). The number of hydrogen-bond acceptors (Lipinski definition) is 5. The average molecular weight is 449 g/mol. The fraction of sp³-hybridized carbons (Fsp3) is 0.227. The van der Waals surface area contributed by atoms with E-state index in [1.807, 2.05) is 0 Å². The van der Waals surface area contributed by atoms with Crippen LogP contribution >= 0.6 is 0 Å². The van der Waals surface area contributed by atoms with E-state index in [1.165, 1.54) is 22.9 Å². The van der Waals surface area contributed by atoms with E-state index < -0.39 is 21.5 Å². The van der Waals surface area contributed by atoms with Crippen LogP contribution < -0.4 is 10.3 Å². The van der Waals surface area contributed by atoms with Crippen LogP contribution in [0.15, 0.2) is 53.5 Å². The molecule has 1 aromatic heterocycles. The van der Waals surface area contributed by atoms with Gasteiger partial charge >= 0.3 is 0 Å². The fourth-order valence-electron chi connectivity index (χ4n) is 3.17. The SMILES string of the molecule is Cc1cc(-c2cc(CS(C)(=O)=O)ccc2Oc2ccc(F)cc2F)cn(CCO)c1=O. The van der Waals surface area contributed by atoms with Gasteiger partial charge < -0.3 is 14.4 Å². The van der Waals surface area contributed by atoms with Crippen LogP contribution in [0.25, 0.3) is 11.1 Å². The van der Waals surface area contributed by atoms with Crippen molar-refractivity contribution in [2.24, 2.45) is 0 Å². The number of aryl methyl sites for hydroxylation is 1. The second kappa shape index (κ2) is 8.99. The molecule has 0 aliphatic rings. The summed E-state index contributed by atoms with van der Waals surface area (Å²) in [5.41, 5.74) is 1.52. The van der Waals surface area contributed by atoms with Crippen LogP contribution in [0, 0.1) is 18.6 Å². The van der Waals surface area contributed by atoms with Crippen LogP contribution in [0.4, 0.5) is 8.78 Å². The summed E-state index contributed by atoms with van der Waals surface area (Å²) in [4.78, 5) is 12.3. The lowest BCUT2D eigenvalue weighted by Crippen LogP contribution is -2.23. The molecule has 9 heteroatoms. The Morgan fingerprint density at radius 2 is 1.77 bits per heavy atom. The first-order valence-electron chi connectivity index (χ1n) is 9.33. The Balaban J connectivity index is 2.17. The highest BCUT2D eigenvalue weighted by molar-refractivity contribution is 7.89. The van der Waals surface area contributed by atoms with Gasteiger partial charge in [-0.25, -0.2) is 17.2 Å². The number of benzene rings is 2. The van der Waals surface area contributed by atoms with E-state index in [9.17, 15) is 27.1 Å². The Bertz CT molecular complexity index is 1290. The number of halogens is 2. The highest BCUT2D eigenvalue weighted by Gasteiger charge is 2.16. The van der Waals surface area contributed by atoms with Crippen molar-refractivity contribution in [2.45, 2.75) is 19.2 Å². The summed E-state index contributed by atoms with van der Waals surface area (Å²) in [5, 5.41) is 9.25. The maximum Gasteiger partial charge on any atom is 0.253 e. The molecule has 1 N–H and O–H groups in total. The molecule has 0 spiro atoms. The van der Waals surface area contributed by atoms with Gasteiger partial charge in [0, 0.05) is 41.8 Å². The molecule has 6 nitrogen and oxygen atoms in total. The second-order valence-corrected chi connectivity index (χ2v) is 9.35. The Morgan fingerprint density at radius 3 is 2.42 bits per heavy atom. The number of hydrogen-bond donors (Lipinski definition) is 1. The summed E-state index contributed by atoms with van der Waals surface area (Å²) in [6.07, 6.45) is 2.62. The lowest BCUT2D eigenvalue weighted by atomic mass is 10.0. The third-order valence-electron chi connectivity index (χ3n) is 4.50. The van der Waals surface area contributed by atoms with Crippen molar-refractivity contribution in [2.75, 3.05) is 12.9 Å². The Kier molecular flexibility index (Phi) is 6.56. The molecule has 164 valence electrons. The summed E-state index contributed by atoms with van der Waals surface area (Å²) in [7, 11) is -3.32. The van der Waals surface area contributed by atoms with Gasteiger partial charge in [-0.15, -0.1) is 0 Å². The highest BCUT2D eigenvalue weighted by Crippen LogP contribution is 2.35. The standard InChI is InChI=1S/C22H21F2NO5S/c1-14-9-16(12-25(7-8-26)22(14)27)18-10-15(13-31(2,28)29)3-5-20(18)30-21-6-4-17(23)11-19(21)24/h3-6,9-12,26H,7-8,13H2,1-2H3. The van der Waals surface area contributed by atoms with E-state index >= 15 is 0 Å². The molecule has 0 fully saturated rings. The van der Waals surface area contributed by atoms with E-state index in [4.69, 9.17) is 4.74 Å². The quantitative estimate of drug-likeness (QED) is 0.597. The van der Waals surface area contributed by atoms with Gasteiger partial charge in [0.15, 0.2) is 21.4 Å². The minimum atomic E-state index is -3.32. The molecule has 0 saturated carbocycles. The van der Waals surface area contributed by atoms with Crippen molar-refractivity contribution in [1.29, 1.82) is 0 Å². The van der Waals surface area contributed by atoms with E-state index in [0.717, 1.165) is 18.4 Å². The van der Waals surface area contributed by atoms with Crippen LogP contribution in [-0.4, -0.2) is 31.0 Å². The number of aliphatic hydroxyl groups is 1. The molecule has 0 amide bonds. The first-order valence-corrected chi connectivity index (χ1v) is 11.4. The van der Waals surface area contributed by atoms with Crippen molar-refractivity contribution < 1.29 is 27.0 Å². The van der Waals surface area contributed by atoms with Crippen LogP contribution in [0.2, 0.25) is 0 Å². The molecular formula is C22H21F2NO5S. The smallest absolute Gasteiger partial charge is 0.253 e. The summed E-state index contributed by atoms with van der Waals surface area (Å²) in [6, 6.07) is 9.12. The second-order valence-electron chi connectivity index (χ2n) is 7.21. The molecule has 0 saturated heterocycles. The lowest BCUT2D eigenvalue weighted by molar-refractivity contribution is 0.274. The van der Waals surface area contributed by atoms with Gasteiger partial charge in [-0.1, -0.05) is 6.07 Å². The monoisotopic (exact) mass is 449 g/mol. The fourth-order valence-corrected chi connectivity index (χ4v) is 3.95. The normalized spacial score (nSPS) is 11.5. The van der Waals surface area contributed by atoms with Crippen molar-refractivity contribution in [3.8, 4) is 22.6 Å². The van der Waals surface area contributed by atoms with Gasteiger partial charge in [0.05, 0.1) is 12.4 Å². The van der Waals surface area contributed by atoms with E-state index in [-0.39, 0.29) is 36.0 Å². The van der Waals surface area contributed by atoms with Gasteiger partial charge in [-0.05, 0) is 42.8 Å². The average Bonchev–Trinajstić information content (AvgIpc) is 2.67. The predicted octanol–water partition coefficient (Wildman–Crippen LogP) is 3.43. The number of pyridine rings is 1. The summed E-state index contributed by atoms with van der Waals surface area (Å²) >= 11 is 0. The largest absolute Gasteiger partial charge is 0.454 e. The summed E-state index contributed by atoms with van der Waals surface area (Å²) < 4.78 is 57.9. The first kappa shape index (κ1) is 22.6.